The Morgan fingerprint density at radius 2 is 2.08 bits per heavy atom. The molecule has 0 bridgehead atoms. The topological polar surface area (TPSA) is 66.0 Å². The van der Waals surface area contributed by atoms with Gasteiger partial charge in [0.25, 0.3) is 0 Å². The summed E-state index contributed by atoms with van der Waals surface area (Å²) in [6, 6.07) is 13.8. The number of rotatable bonds is 4. The first kappa shape index (κ1) is 14.4. The van der Waals surface area contributed by atoms with Crippen LogP contribution in [0.4, 0.5) is 0 Å². The van der Waals surface area contributed by atoms with Crippen molar-refractivity contribution >= 4 is 11.0 Å². The first-order valence-electron chi connectivity index (χ1n) is 7.60. The Bertz CT molecular complexity index is 1000. The number of nitrogens with zero attached hydrogens (tertiary/aromatic N) is 4. The molecule has 0 aliphatic rings. The second-order valence-corrected chi connectivity index (χ2v) is 5.60. The number of hydrogen-bond acceptors (Lipinski definition) is 5. The van der Waals surface area contributed by atoms with E-state index in [1.807, 2.05) is 54.1 Å². The van der Waals surface area contributed by atoms with Crippen LogP contribution in [-0.2, 0) is 13.5 Å². The molecule has 6 nitrogen and oxygen atoms in total. The van der Waals surface area contributed by atoms with Gasteiger partial charge in [0, 0.05) is 12.6 Å². The van der Waals surface area contributed by atoms with Gasteiger partial charge in [-0.1, -0.05) is 17.3 Å². The van der Waals surface area contributed by atoms with Crippen molar-refractivity contribution in [3.63, 3.8) is 0 Å². The van der Waals surface area contributed by atoms with Crippen molar-refractivity contribution in [3.8, 4) is 17.1 Å². The lowest BCUT2D eigenvalue weighted by molar-refractivity contribution is 0.385. The quantitative estimate of drug-likeness (QED) is 0.577. The number of imidazole rings is 1. The van der Waals surface area contributed by atoms with E-state index in [1.165, 1.54) is 0 Å². The zero-order chi connectivity index (χ0) is 16.5. The molecule has 0 atom stereocenters. The zero-order valence-corrected chi connectivity index (χ0v) is 13.4. The van der Waals surface area contributed by atoms with Gasteiger partial charge >= 0.3 is 0 Å². The number of ether oxygens (including phenoxy) is 1. The summed E-state index contributed by atoms with van der Waals surface area (Å²) in [5.74, 6) is 1.97. The first-order valence-corrected chi connectivity index (χ1v) is 7.60. The van der Waals surface area contributed by atoms with E-state index in [4.69, 9.17) is 9.26 Å². The molecule has 6 heteroatoms. The molecule has 0 N–H and O–H groups in total. The smallest absolute Gasteiger partial charge is 0.231 e. The maximum Gasteiger partial charge on any atom is 0.231 e. The summed E-state index contributed by atoms with van der Waals surface area (Å²) in [5.41, 5.74) is 3.95. The normalized spacial score (nSPS) is 11.1. The average Bonchev–Trinajstić information content (AvgIpc) is 3.22. The molecule has 0 fully saturated rings. The van der Waals surface area contributed by atoms with E-state index in [2.05, 4.69) is 15.1 Å². The number of fused-ring (bicyclic) bond motifs is 1. The highest BCUT2D eigenvalue weighted by atomic mass is 16.5. The molecule has 0 amide bonds. The third-order valence-corrected chi connectivity index (χ3v) is 3.94. The summed E-state index contributed by atoms with van der Waals surface area (Å²) in [7, 11) is 3.61. The molecule has 0 saturated heterocycles. The lowest BCUT2D eigenvalue weighted by Gasteiger charge is -2.01. The van der Waals surface area contributed by atoms with Crippen molar-refractivity contribution in [2.24, 2.45) is 7.05 Å². The molecule has 0 spiro atoms. The van der Waals surface area contributed by atoms with E-state index < -0.39 is 0 Å². The molecule has 0 saturated carbocycles. The van der Waals surface area contributed by atoms with Crippen molar-refractivity contribution in [2.45, 2.75) is 6.42 Å². The number of aryl methyl sites for hydroxylation is 1. The Morgan fingerprint density at radius 1 is 1.17 bits per heavy atom. The van der Waals surface area contributed by atoms with Crippen LogP contribution in [0.15, 0.2) is 53.3 Å². The molecular weight excluding hydrogens is 304 g/mol. The van der Waals surface area contributed by atoms with E-state index in [-0.39, 0.29) is 0 Å². The van der Waals surface area contributed by atoms with Gasteiger partial charge in [0.05, 0.1) is 30.9 Å². The van der Waals surface area contributed by atoms with Gasteiger partial charge < -0.3 is 13.8 Å². The van der Waals surface area contributed by atoms with Gasteiger partial charge in [0.1, 0.15) is 5.75 Å². The predicted octanol–water partition coefficient (Wildman–Crippen LogP) is 3.22. The monoisotopic (exact) mass is 320 g/mol. The molecular formula is C18H16N4O2. The fourth-order valence-electron chi connectivity index (χ4n) is 2.67. The Balaban J connectivity index is 1.62. The second-order valence-electron chi connectivity index (χ2n) is 5.60. The highest BCUT2D eigenvalue weighted by Gasteiger charge is 2.11. The van der Waals surface area contributed by atoms with Gasteiger partial charge in [-0.25, -0.2) is 4.98 Å². The number of aromatic nitrogens is 4. The summed E-state index contributed by atoms with van der Waals surface area (Å²) in [5, 5.41) is 4.10. The number of benzene rings is 2. The van der Waals surface area contributed by atoms with Gasteiger partial charge in [-0.15, -0.1) is 0 Å². The van der Waals surface area contributed by atoms with Crippen LogP contribution in [0, 0.1) is 0 Å². The lowest BCUT2D eigenvalue weighted by atomic mass is 10.1. The minimum absolute atomic E-state index is 0.568. The summed E-state index contributed by atoms with van der Waals surface area (Å²) in [6.07, 6.45) is 2.36. The minimum Gasteiger partial charge on any atom is -0.497 e. The van der Waals surface area contributed by atoms with Gasteiger partial charge in [0.2, 0.25) is 11.7 Å². The standard InChI is InChI=1S/C18H16N4O2/c1-22-11-19-15-7-6-13(10-16(15)22)18-20-17(24-21-18)9-12-4-3-5-14(8-12)23-2/h3-8,10-11H,9H2,1-2H3. The highest BCUT2D eigenvalue weighted by molar-refractivity contribution is 5.80. The van der Waals surface area contributed by atoms with E-state index in [0.29, 0.717) is 18.1 Å². The molecule has 2 heterocycles. The second kappa shape index (κ2) is 5.81. The van der Waals surface area contributed by atoms with Crippen LogP contribution in [0.5, 0.6) is 5.75 Å². The van der Waals surface area contributed by atoms with E-state index in [1.54, 1.807) is 13.4 Å². The van der Waals surface area contributed by atoms with Crippen LogP contribution >= 0.6 is 0 Å². The first-order chi connectivity index (χ1) is 11.7. The van der Waals surface area contributed by atoms with Gasteiger partial charge in [0.15, 0.2) is 0 Å². The molecule has 2 aromatic heterocycles. The summed E-state index contributed by atoms with van der Waals surface area (Å²) in [6.45, 7) is 0. The fraction of sp³-hybridized carbons (Fsp3) is 0.167. The van der Waals surface area contributed by atoms with Gasteiger partial charge in [-0.3, -0.25) is 0 Å². The number of methoxy groups -OCH3 is 1. The van der Waals surface area contributed by atoms with Crippen LogP contribution in [-0.4, -0.2) is 26.8 Å². The molecule has 0 aliphatic carbocycles. The van der Waals surface area contributed by atoms with Gasteiger partial charge in [-0.2, -0.15) is 4.98 Å². The molecule has 2 aromatic carbocycles. The van der Waals surface area contributed by atoms with E-state index >= 15 is 0 Å². The third-order valence-electron chi connectivity index (χ3n) is 3.94. The Kier molecular flexibility index (Phi) is 3.49. The molecule has 4 aromatic rings. The van der Waals surface area contributed by atoms with Crippen molar-refractivity contribution in [1.29, 1.82) is 0 Å². The van der Waals surface area contributed by atoms with Crippen LogP contribution in [0.3, 0.4) is 0 Å². The summed E-state index contributed by atoms with van der Waals surface area (Å²) in [4.78, 5) is 8.82. The lowest BCUT2D eigenvalue weighted by Crippen LogP contribution is -1.90. The maximum absolute atomic E-state index is 5.40. The number of hydrogen-bond donors (Lipinski definition) is 0. The van der Waals surface area contributed by atoms with Crippen molar-refractivity contribution in [3.05, 3.63) is 60.2 Å². The van der Waals surface area contributed by atoms with Crippen LogP contribution in [0.25, 0.3) is 22.4 Å². The molecule has 4 rings (SSSR count). The fourth-order valence-corrected chi connectivity index (χ4v) is 2.67. The molecule has 0 aliphatic heterocycles. The third kappa shape index (κ3) is 2.62. The molecule has 0 radical (unpaired) electrons. The Morgan fingerprint density at radius 3 is 2.96 bits per heavy atom. The molecule has 24 heavy (non-hydrogen) atoms. The zero-order valence-electron chi connectivity index (χ0n) is 13.4. The van der Waals surface area contributed by atoms with E-state index in [9.17, 15) is 0 Å². The maximum atomic E-state index is 5.40. The summed E-state index contributed by atoms with van der Waals surface area (Å²) < 4.78 is 12.6. The SMILES string of the molecule is COc1cccc(Cc2nc(-c3ccc4ncn(C)c4c3)no2)c1. The van der Waals surface area contributed by atoms with E-state index in [0.717, 1.165) is 27.9 Å². The van der Waals surface area contributed by atoms with Crippen LogP contribution < -0.4 is 4.74 Å². The molecule has 0 unspecified atom stereocenters. The van der Waals surface area contributed by atoms with Crippen LogP contribution in [0.1, 0.15) is 11.5 Å². The van der Waals surface area contributed by atoms with Gasteiger partial charge in [-0.05, 0) is 35.9 Å². The Hall–Kier alpha value is -3.15. The van der Waals surface area contributed by atoms with Crippen LogP contribution in [0.2, 0.25) is 0 Å². The average molecular weight is 320 g/mol. The minimum atomic E-state index is 0.568. The van der Waals surface area contributed by atoms with Crippen molar-refractivity contribution < 1.29 is 9.26 Å². The largest absolute Gasteiger partial charge is 0.497 e. The molecule has 120 valence electrons. The summed E-state index contributed by atoms with van der Waals surface area (Å²) >= 11 is 0. The highest BCUT2D eigenvalue weighted by Crippen LogP contribution is 2.22. The Labute approximate surface area is 138 Å². The van der Waals surface area contributed by atoms with Crippen molar-refractivity contribution in [1.82, 2.24) is 19.7 Å². The van der Waals surface area contributed by atoms with Crippen molar-refractivity contribution in [2.75, 3.05) is 7.11 Å². The predicted molar refractivity (Wildman–Crippen MR) is 89.8 cm³/mol.